The number of pyridine rings is 1. The van der Waals surface area contributed by atoms with Gasteiger partial charge in [0.1, 0.15) is 0 Å². The zero-order valence-corrected chi connectivity index (χ0v) is 19.4. The second-order valence-electron chi connectivity index (χ2n) is 9.05. The van der Waals surface area contributed by atoms with E-state index in [0.717, 1.165) is 36.4 Å². The van der Waals surface area contributed by atoms with Gasteiger partial charge in [-0.05, 0) is 62.0 Å². The number of aliphatic imine (C=N–C) groups is 1. The highest BCUT2D eigenvalue weighted by molar-refractivity contribution is 6.03. The molecule has 1 saturated heterocycles. The van der Waals surface area contributed by atoms with Crippen molar-refractivity contribution in [1.82, 2.24) is 14.8 Å². The Hall–Kier alpha value is -3.68. The van der Waals surface area contributed by atoms with E-state index >= 15 is 0 Å². The fourth-order valence-corrected chi connectivity index (χ4v) is 4.54. The van der Waals surface area contributed by atoms with Gasteiger partial charge in [0.2, 0.25) is 5.88 Å². The van der Waals surface area contributed by atoms with Crippen molar-refractivity contribution in [2.45, 2.75) is 19.0 Å². The van der Waals surface area contributed by atoms with E-state index in [1.54, 1.807) is 24.8 Å². The molecule has 0 radical (unpaired) electrons. The molecule has 1 aliphatic heterocycles. The average Bonchev–Trinajstić information content (AvgIpc) is 3.52. The number of likely N-dealkylation sites (N-methyl/N-ethyl adjacent to an activating group) is 1. The highest BCUT2D eigenvalue weighted by atomic mass is 16.3. The van der Waals surface area contributed by atoms with E-state index in [-0.39, 0.29) is 11.4 Å². The zero-order chi connectivity index (χ0) is 23.7. The Morgan fingerprint density at radius 1 is 1.15 bits per heavy atom. The van der Waals surface area contributed by atoms with Crippen LogP contribution in [0.4, 0.5) is 5.69 Å². The fraction of sp³-hybridized carbons (Fsp3) is 0.259. The Bertz CT molecular complexity index is 1370. The number of hydrogen-bond donors (Lipinski definition) is 2. The maximum Gasteiger partial charge on any atom is 0.258 e. The maximum atomic E-state index is 12.4. The van der Waals surface area contributed by atoms with Gasteiger partial charge < -0.3 is 14.4 Å². The molecule has 2 aromatic heterocycles. The van der Waals surface area contributed by atoms with E-state index in [0.29, 0.717) is 22.4 Å². The third-order valence-corrected chi connectivity index (χ3v) is 6.56. The van der Waals surface area contributed by atoms with Gasteiger partial charge >= 0.3 is 0 Å². The monoisotopic (exact) mass is 456 g/mol. The van der Waals surface area contributed by atoms with Crippen molar-refractivity contribution in [3.8, 4) is 17.0 Å². The normalized spacial score (nSPS) is 16.9. The Labute approximate surface area is 198 Å². The number of aromatic nitrogens is 1. The molecule has 3 heterocycles. The molecule has 7 nitrogen and oxygen atoms in total. The van der Waals surface area contributed by atoms with E-state index < -0.39 is 0 Å². The van der Waals surface area contributed by atoms with Gasteiger partial charge in [0.05, 0.1) is 23.8 Å². The molecule has 0 bridgehead atoms. The van der Waals surface area contributed by atoms with Crippen LogP contribution >= 0.6 is 0 Å². The first-order valence-electron chi connectivity index (χ1n) is 11.4. The maximum absolute atomic E-state index is 12.4. The van der Waals surface area contributed by atoms with E-state index in [2.05, 4.69) is 46.0 Å². The smallest absolute Gasteiger partial charge is 0.258 e. The van der Waals surface area contributed by atoms with E-state index in [9.17, 15) is 9.90 Å². The summed E-state index contributed by atoms with van der Waals surface area (Å²) in [7, 11) is 4.28. The van der Waals surface area contributed by atoms with E-state index in [1.165, 1.54) is 12.0 Å². The molecule has 4 aromatic rings. The number of hydrogen-bond acceptors (Lipinski definition) is 6. The van der Waals surface area contributed by atoms with Gasteiger partial charge in [-0.1, -0.05) is 18.2 Å². The topological polar surface area (TPSA) is 85.1 Å². The number of H-pyrrole nitrogens is 1. The van der Waals surface area contributed by atoms with Crippen molar-refractivity contribution in [3.05, 3.63) is 82.5 Å². The molecule has 0 amide bonds. The number of rotatable bonds is 6. The second-order valence-corrected chi connectivity index (χ2v) is 9.05. The van der Waals surface area contributed by atoms with Crippen molar-refractivity contribution >= 4 is 22.7 Å². The van der Waals surface area contributed by atoms with Gasteiger partial charge in [0.15, 0.2) is 0 Å². The van der Waals surface area contributed by atoms with Gasteiger partial charge in [-0.2, -0.15) is 0 Å². The van der Waals surface area contributed by atoms with Crippen LogP contribution in [0.1, 0.15) is 17.5 Å². The summed E-state index contributed by atoms with van der Waals surface area (Å²) in [5.74, 6) is -0.202. The van der Waals surface area contributed by atoms with Crippen LogP contribution in [0.15, 0.2) is 75.3 Å². The van der Waals surface area contributed by atoms with Gasteiger partial charge in [-0.3, -0.25) is 19.7 Å². The minimum Gasteiger partial charge on any atom is -0.494 e. The second kappa shape index (κ2) is 9.29. The summed E-state index contributed by atoms with van der Waals surface area (Å²) in [4.78, 5) is 24.2. The first kappa shape index (κ1) is 22.1. The zero-order valence-electron chi connectivity index (χ0n) is 19.4. The standard InChI is InChI=1S/C27H28N4O3/c1-30(2)22-9-11-31(16-22)15-18-3-6-21(7-4-18)28-14-25-24-13-19(20-10-12-34-17-20)5-8-23(24)26(32)29-27(25)33/h3-8,10,12-14,17,22H,9,11,15-16H2,1-2H3,(H2,29,32,33). The molecule has 2 N–H and O–H groups in total. The Balaban J connectivity index is 1.38. The number of aromatic amines is 1. The van der Waals surface area contributed by atoms with Gasteiger partial charge in [-0.15, -0.1) is 0 Å². The predicted octanol–water partition coefficient (Wildman–Crippen LogP) is 4.38. The largest absolute Gasteiger partial charge is 0.494 e. The molecular formula is C27H28N4O3. The molecular weight excluding hydrogens is 428 g/mol. The Morgan fingerprint density at radius 3 is 2.68 bits per heavy atom. The summed E-state index contributed by atoms with van der Waals surface area (Å²) >= 11 is 0. The number of fused-ring (bicyclic) bond motifs is 1. The molecule has 1 fully saturated rings. The molecule has 7 heteroatoms. The number of aromatic hydroxyl groups is 1. The van der Waals surface area contributed by atoms with E-state index in [1.807, 2.05) is 30.3 Å². The molecule has 1 atom stereocenters. The van der Waals surface area contributed by atoms with Gasteiger partial charge in [0.25, 0.3) is 5.56 Å². The third kappa shape index (κ3) is 4.53. The summed E-state index contributed by atoms with van der Waals surface area (Å²) in [6, 6.07) is 16.1. The molecule has 1 unspecified atom stereocenters. The van der Waals surface area contributed by atoms with Crippen molar-refractivity contribution in [1.29, 1.82) is 0 Å². The minimum absolute atomic E-state index is 0.202. The lowest BCUT2D eigenvalue weighted by Gasteiger charge is -2.20. The highest BCUT2D eigenvalue weighted by Gasteiger charge is 2.23. The van der Waals surface area contributed by atoms with Gasteiger partial charge in [-0.25, -0.2) is 0 Å². The van der Waals surface area contributed by atoms with Crippen LogP contribution in [0.5, 0.6) is 5.88 Å². The summed E-state index contributed by atoms with van der Waals surface area (Å²) in [6.45, 7) is 3.13. The molecule has 5 rings (SSSR count). The van der Waals surface area contributed by atoms with Crippen molar-refractivity contribution in [3.63, 3.8) is 0 Å². The summed E-state index contributed by atoms with van der Waals surface area (Å²) in [5.41, 5.74) is 3.95. The molecule has 0 spiro atoms. The first-order valence-corrected chi connectivity index (χ1v) is 11.4. The molecule has 34 heavy (non-hydrogen) atoms. The van der Waals surface area contributed by atoms with E-state index in [4.69, 9.17) is 4.42 Å². The van der Waals surface area contributed by atoms with Crippen molar-refractivity contribution < 1.29 is 9.52 Å². The number of nitrogens with one attached hydrogen (secondary N) is 1. The lowest BCUT2D eigenvalue weighted by molar-refractivity contribution is 0.264. The van der Waals surface area contributed by atoms with Crippen LogP contribution in [-0.4, -0.2) is 59.3 Å². The van der Waals surface area contributed by atoms with Crippen LogP contribution in [0.25, 0.3) is 21.9 Å². The van der Waals surface area contributed by atoms with Gasteiger partial charge in [0, 0.05) is 48.2 Å². The first-order chi connectivity index (χ1) is 16.5. The average molecular weight is 457 g/mol. The summed E-state index contributed by atoms with van der Waals surface area (Å²) in [6.07, 6.45) is 6.05. The lowest BCUT2D eigenvalue weighted by Crippen LogP contribution is -2.31. The molecule has 0 saturated carbocycles. The third-order valence-electron chi connectivity index (χ3n) is 6.56. The molecule has 1 aliphatic rings. The predicted molar refractivity (Wildman–Crippen MR) is 135 cm³/mol. The Kier molecular flexibility index (Phi) is 6.04. The quantitative estimate of drug-likeness (QED) is 0.421. The van der Waals surface area contributed by atoms with Crippen LogP contribution in [-0.2, 0) is 6.54 Å². The van der Waals surface area contributed by atoms with Crippen molar-refractivity contribution in [2.75, 3.05) is 27.2 Å². The number of furan rings is 1. The lowest BCUT2D eigenvalue weighted by atomic mass is 10.0. The van der Waals surface area contributed by atoms with Crippen LogP contribution < -0.4 is 5.56 Å². The number of nitrogens with zero attached hydrogens (tertiary/aromatic N) is 3. The molecule has 2 aromatic carbocycles. The molecule has 0 aliphatic carbocycles. The van der Waals surface area contributed by atoms with Crippen LogP contribution in [0.2, 0.25) is 0 Å². The summed E-state index contributed by atoms with van der Waals surface area (Å²) in [5, 5.41) is 11.6. The highest BCUT2D eigenvalue weighted by Crippen LogP contribution is 2.28. The number of likely N-dealkylation sites (tertiary alicyclic amines) is 1. The van der Waals surface area contributed by atoms with Crippen LogP contribution in [0.3, 0.4) is 0 Å². The SMILES string of the molecule is CN(C)C1CCN(Cc2ccc(N=Cc3c(O)[nH]c(=O)c4ccc(-c5ccoc5)cc34)cc2)C1. The summed E-state index contributed by atoms with van der Waals surface area (Å²) < 4.78 is 5.18. The molecule has 174 valence electrons. The fourth-order valence-electron chi connectivity index (χ4n) is 4.54. The van der Waals surface area contributed by atoms with Crippen molar-refractivity contribution in [2.24, 2.45) is 4.99 Å². The number of benzene rings is 2. The van der Waals surface area contributed by atoms with Crippen LogP contribution in [0, 0.1) is 0 Å². The minimum atomic E-state index is -0.342. The Morgan fingerprint density at radius 2 is 1.97 bits per heavy atom.